The largest absolute Gasteiger partial charge is 0.372 e. The maximum Gasteiger partial charge on any atom is 0.261 e. The number of carbonyl (C=O) groups excluding carboxylic acids is 1. The number of hydrogen-bond acceptors (Lipinski definition) is 4. The molecule has 0 unspecified atom stereocenters. The Balaban J connectivity index is 1.85. The molecule has 4 rings (SSSR count). The summed E-state index contributed by atoms with van der Waals surface area (Å²) in [5, 5.41) is 3.30. The molecule has 0 saturated carbocycles. The van der Waals surface area contributed by atoms with Crippen molar-refractivity contribution in [2.24, 2.45) is 0 Å². The van der Waals surface area contributed by atoms with Gasteiger partial charge in [-0.25, -0.2) is 13.8 Å². The molecular weight excluding hydrogens is 473 g/mol. The highest BCUT2D eigenvalue weighted by atomic mass is 35.5. The van der Waals surface area contributed by atoms with Crippen LogP contribution < -0.4 is 10.9 Å². The van der Waals surface area contributed by atoms with Crippen LogP contribution >= 0.6 is 23.2 Å². The molecule has 0 radical (unpaired) electrons. The average molecular weight is 493 g/mol. The van der Waals surface area contributed by atoms with Crippen molar-refractivity contribution in [3.63, 3.8) is 0 Å². The number of halogens is 4. The minimum absolute atomic E-state index is 0.0139. The number of likely N-dealkylation sites (tertiary alicyclic amines) is 1. The van der Waals surface area contributed by atoms with Crippen LogP contribution in [0.15, 0.2) is 48.0 Å². The Morgan fingerprint density at radius 3 is 2.58 bits per heavy atom. The minimum Gasteiger partial charge on any atom is -0.372 e. The monoisotopic (exact) mass is 492 g/mol. The Labute approximate surface area is 198 Å². The van der Waals surface area contributed by atoms with Crippen molar-refractivity contribution in [3.05, 3.63) is 80.8 Å². The van der Waals surface area contributed by atoms with Crippen LogP contribution in [-0.4, -0.2) is 33.4 Å². The molecule has 2 heterocycles. The van der Waals surface area contributed by atoms with Crippen molar-refractivity contribution >= 4 is 45.7 Å². The molecule has 172 valence electrons. The number of hydrogen-bond donors (Lipinski definition) is 1. The zero-order valence-corrected chi connectivity index (χ0v) is 19.3. The molecule has 6 nitrogen and oxygen atoms in total. The zero-order chi connectivity index (χ0) is 24.1. The van der Waals surface area contributed by atoms with Crippen molar-refractivity contribution in [3.8, 4) is 0 Å². The van der Waals surface area contributed by atoms with E-state index in [1.807, 2.05) is 13.8 Å². The lowest BCUT2D eigenvalue weighted by molar-refractivity contribution is -0.132. The van der Waals surface area contributed by atoms with Gasteiger partial charge in [0.05, 0.1) is 34.8 Å². The number of rotatable bonds is 5. The van der Waals surface area contributed by atoms with E-state index in [2.05, 4.69) is 16.9 Å². The quantitative estimate of drug-likeness (QED) is 0.406. The minimum atomic E-state index is -1.20. The van der Waals surface area contributed by atoms with Gasteiger partial charge in [0.25, 0.3) is 5.56 Å². The molecule has 1 aromatic heterocycles. The van der Waals surface area contributed by atoms with Crippen LogP contribution in [0.2, 0.25) is 10.0 Å². The molecule has 33 heavy (non-hydrogen) atoms. The second-order valence-electron chi connectivity index (χ2n) is 8.23. The van der Waals surface area contributed by atoms with Gasteiger partial charge < -0.3 is 10.2 Å². The Morgan fingerprint density at radius 1 is 1.24 bits per heavy atom. The third kappa shape index (κ3) is 3.87. The second kappa shape index (κ2) is 8.43. The molecule has 1 fully saturated rings. The van der Waals surface area contributed by atoms with Crippen molar-refractivity contribution in [2.75, 3.05) is 18.4 Å². The van der Waals surface area contributed by atoms with E-state index < -0.39 is 22.7 Å². The van der Waals surface area contributed by atoms with Gasteiger partial charge in [-0.1, -0.05) is 29.8 Å². The number of fused-ring (bicyclic) bond motifs is 1. The topological polar surface area (TPSA) is 67.2 Å². The van der Waals surface area contributed by atoms with E-state index in [1.54, 1.807) is 0 Å². The van der Waals surface area contributed by atoms with Crippen molar-refractivity contribution in [2.45, 2.75) is 25.4 Å². The summed E-state index contributed by atoms with van der Waals surface area (Å²) in [6, 6.07) is 4.96. The molecule has 0 atom stereocenters. The van der Waals surface area contributed by atoms with Crippen molar-refractivity contribution < 1.29 is 13.6 Å². The molecule has 10 heteroatoms. The first kappa shape index (κ1) is 23.2. The lowest BCUT2D eigenvalue weighted by atomic mass is 9.81. The lowest BCUT2D eigenvalue weighted by Crippen LogP contribution is -2.65. The number of carbonyl (C=O) groups is 1. The smallest absolute Gasteiger partial charge is 0.261 e. The van der Waals surface area contributed by atoms with Gasteiger partial charge in [0, 0.05) is 17.3 Å². The van der Waals surface area contributed by atoms with Gasteiger partial charge in [0.1, 0.15) is 16.9 Å². The summed E-state index contributed by atoms with van der Waals surface area (Å²) in [5.41, 5.74) is -1.42. The third-order valence-electron chi connectivity index (χ3n) is 5.71. The fourth-order valence-corrected chi connectivity index (χ4v) is 4.57. The van der Waals surface area contributed by atoms with Gasteiger partial charge in [-0.15, -0.1) is 0 Å². The van der Waals surface area contributed by atoms with Crippen LogP contribution in [0.4, 0.5) is 14.5 Å². The summed E-state index contributed by atoms with van der Waals surface area (Å²) >= 11 is 12.5. The predicted molar refractivity (Wildman–Crippen MR) is 125 cm³/mol. The van der Waals surface area contributed by atoms with E-state index >= 15 is 0 Å². The van der Waals surface area contributed by atoms with Gasteiger partial charge in [-0.05, 0) is 44.2 Å². The maximum atomic E-state index is 15.0. The van der Waals surface area contributed by atoms with Gasteiger partial charge in [-0.3, -0.25) is 14.2 Å². The Kier molecular flexibility index (Phi) is 5.92. The van der Waals surface area contributed by atoms with E-state index in [4.69, 9.17) is 23.2 Å². The molecule has 1 N–H and O–H groups in total. The normalized spacial score (nSPS) is 14.9. The standard InChI is InChI=1S/C23H20Cl2F2N4O2/c1-4-18(32)30-9-23(10-30,19-16(26)6-5-15(24)20(19)25)29-13-7-14-21(17(27)8-13)28-11-31(12(2)3)22(14)33/h4-8,11-12,29H,1,9-10H2,2-3H3. The van der Waals surface area contributed by atoms with Gasteiger partial charge >= 0.3 is 0 Å². The molecule has 1 aliphatic rings. The van der Waals surface area contributed by atoms with Gasteiger partial charge in [0.2, 0.25) is 5.91 Å². The Morgan fingerprint density at radius 2 is 1.94 bits per heavy atom. The van der Waals surface area contributed by atoms with Gasteiger partial charge in [-0.2, -0.15) is 0 Å². The highest BCUT2D eigenvalue weighted by Crippen LogP contribution is 2.43. The lowest BCUT2D eigenvalue weighted by Gasteiger charge is -2.51. The number of nitrogens with one attached hydrogen (secondary N) is 1. The SMILES string of the molecule is C=CC(=O)N1CC(Nc2cc(F)c3ncn(C(C)C)c(=O)c3c2)(c2c(F)ccc(Cl)c2Cl)C1. The van der Waals surface area contributed by atoms with Crippen LogP contribution in [0.25, 0.3) is 10.9 Å². The number of amides is 1. The molecule has 1 aliphatic heterocycles. The molecular formula is C23H20Cl2F2N4O2. The molecule has 0 spiro atoms. The van der Waals surface area contributed by atoms with E-state index in [-0.39, 0.29) is 57.2 Å². The van der Waals surface area contributed by atoms with Crippen LogP contribution in [0.1, 0.15) is 25.5 Å². The first-order valence-corrected chi connectivity index (χ1v) is 10.9. The maximum absolute atomic E-state index is 15.0. The number of aromatic nitrogens is 2. The van der Waals surface area contributed by atoms with Crippen molar-refractivity contribution in [1.82, 2.24) is 14.5 Å². The van der Waals surface area contributed by atoms with Crippen molar-refractivity contribution in [1.29, 1.82) is 0 Å². The molecule has 1 saturated heterocycles. The number of anilines is 1. The fourth-order valence-electron chi connectivity index (χ4n) is 4.08. The van der Waals surface area contributed by atoms with E-state index in [0.29, 0.717) is 0 Å². The van der Waals surface area contributed by atoms with Gasteiger partial charge in [0.15, 0.2) is 5.82 Å². The Bertz CT molecular complexity index is 1350. The van der Waals surface area contributed by atoms with E-state index in [0.717, 1.165) is 6.08 Å². The molecule has 3 aromatic rings. The van der Waals surface area contributed by atoms with Crippen LogP contribution in [0, 0.1) is 11.6 Å². The number of benzene rings is 2. The Hall–Kier alpha value is -2.97. The van der Waals surface area contributed by atoms with Crippen LogP contribution in [0.3, 0.4) is 0 Å². The average Bonchev–Trinajstić information content (AvgIpc) is 2.74. The molecule has 0 aliphatic carbocycles. The third-order valence-corrected chi connectivity index (χ3v) is 6.51. The summed E-state index contributed by atoms with van der Waals surface area (Å²) in [6.45, 7) is 7.14. The molecule has 1 amide bonds. The summed E-state index contributed by atoms with van der Waals surface area (Å²) in [7, 11) is 0. The summed E-state index contributed by atoms with van der Waals surface area (Å²) < 4.78 is 31.2. The van der Waals surface area contributed by atoms with Crippen LogP contribution in [0.5, 0.6) is 0 Å². The highest BCUT2D eigenvalue weighted by molar-refractivity contribution is 6.42. The second-order valence-corrected chi connectivity index (χ2v) is 9.01. The molecule has 0 bridgehead atoms. The first-order valence-electron chi connectivity index (χ1n) is 10.1. The summed E-state index contributed by atoms with van der Waals surface area (Å²) in [5.74, 6) is -1.69. The van der Waals surface area contributed by atoms with E-state index in [1.165, 1.54) is 40.1 Å². The molecule has 2 aromatic carbocycles. The fraction of sp³-hybridized carbons (Fsp3) is 0.261. The van der Waals surface area contributed by atoms with Crippen LogP contribution in [-0.2, 0) is 10.3 Å². The zero-order valence-electron chi connectivity index (χ0n) is 17.8. The first-order chi connectivity index (χ1) is 15.6. The summed E-state index contributed by atoms with van der Waals surface area (Å²) in [6.07, 6.45) is 2.45. The van der Waals surface area contributed by atoms with E-state index in [9.17, 15) is 18.4 Å². The predicted octanol–water partition coefficient (Wildman–Crippen LogP) is 4.90. The highest BCUT2D eigenvalue weighted by Gasteiger charge is 2.49. The number of nitrogens with zero attached hydrogens (tertiary/aromatic N) is 3. The summed E-state index contributed by atoms with van der Waals surface area (Å²) in [4.78, 5) is 30.5.